The average Bonchev–Trinajstić information content (AvgIpc) is 3.43. The van der Waals surface area contributed by atoms with E-state index in [0.29, 0.717) is 24.6 Å². The fourth-order valence-electron chi connectivity index (χ4n) is 4.48. The molecule has 1 aromatic carbocycles. The van der Waals surface area contributed by atoms with Crippen LogP contribution in [-0.4, -0.2) is 35.2 Å². The van der Waals surface area contributed by atoms with Crippen LogP contribution < -0.4 is 4.90 Å². The zero-order valence-electron chi connectivity index (χ0n) is 18.8. The fraction of sp³-hybridized carbons (Fsp3) is 0.423. The van der Waals surface area contributed by atoms with Crippen molar-refractivity contribution in [3.05, 3.63) is 65.6 Å². The Balaban J connectivity index is 1.57. The first-order valence-electron chi connectivity index (χ1n) is 11.4. The van der Waals surface area contributed by atoms with Crippen molar-refractivity contribution < 1.29 is 18.8 Å². The highest BCUT2D eigenvalue weighted by atomic mass is 16.3. The van der Waals surface area contributed by atoms with Crippen LogP contribution in [0.2, 0.25) is 0 Å². The standard InChI is InChI=1S/C26H30N2O4/c1-18(2)20-10-12-21(13-11-20)28-24(29)17-22(25(28)30)27(26(31)23-9-6-16-32-23)15-14-19-7-4-3-5-8-19/h6-7,9-13,16,18,22H,3-5,8,14-15,17H2,1-2H3. The van der Waals surface area contributed by atoms with Crippen molar-refractivity contribution in [2.45, 2.75) is 64.3 Å². The Bertz CT molecular complexity index is 1000. The molecule has 32 heavy (non-hydrogen) atoms. The SMILES string of the molecule is CC(C)c1ccc(N2C(=O)CC(N(CCC3=CCCCC3)C(=O)c3ccco3)C2=O)cc1. The molecule has 1 saturated heterocycles. The molecular formula is C26H30N2O4. The lowest BCUT2D eigenvalue weighted by atomic mass is 9.97. The second-order valence-corrected chi connectivity index (χ2v) is 8.87. The number of imide groups is 1. The van der Waals surface area contributed by atoms with Crippen molar-refractivity contribution in [1.82, 2.24) is 4.90 Å². The average molecular weight is 435 g/mol. The molecule has 0 saturated carbocycles. The molecule has 0 bridgehead atoms. The lowest BCUT2D eigenvalue weighted by molar-refractivity contribution is -0.122. The van der Waals surface area contributed by atoms with Gasteiger partial charge in [-0.3, -0.25) is 14.4 Å². The van der Waals surface area contributed by atoms with Crippen molar-refractivity contribution in [1.29, 1.82) is 0 Å². The molecule has 2 aliphatic rings. The fourth-order valence-corrected chi connectivity index (χ4v) is 4.48. The van der Waals surface area contributed by atoms with Crippen molar-refractivity contribution >= 4 is 23.4 Å². The van der Waals surface area contributed by atoms with Crippen molar-refractivity contribution in [3.8, 4) is 0 Å². The van der Waals surface area contributed by atoms with Crippen molar-refractivity contribution in [2.24, 2.45) is 0 Å². The third-order valence-corrected chi connectivity index (χ3v) is 6.37. The minimum Gasteiger partial charge on any atom is -0.459 e. The van der Waals surface area contributed by atoms with Crippen molar-refractivity contribution in [3.63, 3.8) is 0 Å². The number of carbonyl (C=O) groups is 3. The number of amides is 3. The maximum absolute atomic E-state index is 13.4. The summed E-state index contributed by atoms with van der Waals surface area (Å²) < 4.78 is 5.32. The number of hydrogen-bond acceptors (Lipinski definition) is 4. The molecule has 6 nitrogen and oxygen atoms in total. The number of hydrogen-bond donors (Lipinski definition) is 0. The third kappa shape index (κ3) is 4.54. The first kappa shape index (κ1) is 22.1. The summed E-state index contributed by atoms with van der Waals surface area (Å²) in [5, 5.41) is 0. The largest absolute Gasteiger partial charge is 0.459 e. The molecule has 0 radical (unpaired) electrons. The van der Waals surface area contributed by atoms with Crippen LogP contribution in [0, 0.1) is 0 Å². The monoisotopic (exact) mass is 434 g/mol. The second kappa shape index (κ2) is 9.55. The number of benzene rings is 1. The van der Waals surface area contributed by atoms with Gasteiger partial charge in [-0.25, -0.2) is 4.90 Å². The normalized spacial score (nSPS) is 18.9. The number of furan rings is 1. The molecule has 0 spiro atoms. The molecule has 1 fully saturated rings. The van der Waals surface area contributed by atoms with Crippen LogP contribution in [0.5, 0.6) is 0 Å². The molecule has 1 aliphatic carbocycles. The molecular weight excluding hydrogens is 404 g/mol. The molecule has 2 aromatic rings. The Labute approximate surface area is 188 Å². The van der Waals surface area contributed by atoms with E-state index in [-0.39, 0.29) is 29.9 Å². The van der Waals surface area contributed by atoms with E-state index in [0.717, 1.165) is 24.8 Å². The van der Waals surface area contributed by atoms with Gasteiger partial charge in [-0.2, -0.15) is 0 Å². The summed E-state index contributed by atoms with van der Waals surface area (Å²) in [7, 11) is 0. The third-order valence-electron chi connectivity index (χ3n) is 6.37. The summed E-state index contributed by atoms with van der Waals surface area (Å²) in [6, 6.07) is 9.91. The summed E-state index contributed by atoms with van der Waals surface area (Å²) in [6.07, 6.45) is 8.79. The van der Waals surface area contributed by atoms with Crippen LogP contribution in [0.4, 0.5) is 5.69 Å². The van der Waals surface area contributed by atoms with Gasteiger partial charge < -0.3 is 9.32 Å². The van der Waals surface area contributed by atoms with E-state index in [2.05, 4.69) is 19.9 Å². The van der Waals surface area contributed by atoms with Gasteiger partial charge in [0.25, 0.3) is 11.8 Å². The summed E-state index contributed by atoms with van der Waals surface area (Å²) >= 11 is 0. The summed E-state index contributed by atoms with van der Waals surface area (Å²) in [6.45, 7) is 4.57. The van der Waals surface area contributed by atoms with E-state index in [1.807, 2.05) is 12.1 Å². The predicted molar refractivity (Wildman–Crippen MR) is 122 cm³/mol. The quantitative estimate of drug-likeness (QED) is 0.451. The van der Waals surface area contributed by atoms with E-state index in [9.17, 15) is 14.4 Å². The number of allylic oxidation sites excluding steroid dienone is 1. The lowest BCUT2D eigenvalue weighted by Crippen LogP contribution is -2.46. The van der Waals surface area contributed by atoms with Gasteiger partial charge in [-0.1, -0.05) is 37.6 Å². The topological polar surface area (TPSA) is 70.8 Å². The van der Waals surface area contributed by atoms with E-state index in [1.165, 1.54) is 28.1 Å². The van der Waals surface area contributed by atoms with Crippen molar-refractivity contribution in [2.75, 3.05) is 11.4 Å². The first-order chi connectivity index (χ1) is 15.5. The van der Waals surface area contributed by atoms with Crippen LogP contribution in [0.25, 0.3) is 0 Å². The number of nitrogens with zero attached hydrogens (tertiary/aromatic N) is 2. The molecule has 3 amide bonds. The number of rotatable bonds is 7. The molecule has 168 valence electrons. The molecule has 1 unspecified atom stereocenters. The summed E-state index contributed by atoms with van der Waals surface area (Å²) in [4.78, 5) is 42.2. The van der Waals surface area contributed by atoms with Gasteiger partial charge in [-0.05, 0) is 67.9 Å². The summed E-state index contributed by atoms with van der Waals surface area (Å²) in [5.74, 6) is -0.453. The second-order valence-electron chi connectivity index (χ2n) is 8.87. The molecule has 1 atom stereocenters. The Morgan fingerprint density at radius 2 is 1.94 bits per heavy atom. The Morgan fingerprint density at radius 1 is 1.16 bits per heavy atom. The zero-order valence-corrected chi connectivity index (χ0v) is 18.8. The Kier molecular flexibility index (Phi) is 6.58. The van der Waals surface area contributed by atoms with Gasteiger partial charge in [0.15, 0.2) is 5.76 Å². The van der Waals surface area contributed by atoms with E-state index in [1.54, 1.807) is 24.3 Å². The lowest BCUT2D eigenvalue weighted by Gasteiger charge is -2.28. The highest BCUT2D eigenvalue weighted by Crippen LogP contribution is 2.29. The molecule has 0 N–H and O–H groups in total. The minimum atomic E-state index is -0.825. The molecule has 1 aliphatic heterocycles. The van der Waals surface area contributed by atoms with Gasteiger partial charge in [0.2, 0.25) is 5.91 Å². The van der Waals surface area contributed by atoms with Crippen LogP contribution in [-0.2, 0) is 9.59 Å². The van der Waals surface area contributed by atoms with Crippen LogP contribution in [0.15, 0.2) is 58.7 Å². The summed E-state index contributed by atoms with van der Waals surface area (Å²) in [5.41, 5.74) is 3.00. The Morgan fingerprint density at radius 3 is 2.56 bits per heavy atom. The van der Waals surface area contributed by atoms with Gasteiger partial charge in [-0.15, -0.1) is 0 Å². The predicted octanol–water partition coefficient (Wildman–Crippen LogP) is 5.07. The highest BCUT2D eigenvalue weighted by molar-refractivity contribution is 6.23. The van der Waals surface area contributed by atoms with Gasteiger partial charge in [0, 0.05) is 6.54 Å². The van der Waals surface area contributed by atoms with E-state index < -0.39 is 6.04 Å². The smallest absolute Gasteiger partial charge is 0.290 e. The van der Waals surface area contributed by atoms with E-state index in [4.69, 9.17) is 4.42 Å². The maximum atomic E-state index is 13.4. The van der Waals surface area contributed by atoms with Gasteiger partial charge >= 0.3 is 0 Å². The van der Waals surface area contributed by atoms with Crippen LogP contribution in [0.1, 0.15) is 74.4 Å². The molecule has 6 heteroatoms. The van der Waals surface area contributed by atoms with Crippen LogP contribution in [0.3, 0.4) is 0 Å². The van der Waals surface area contributed by atoms with E-state index >= 15 is 0 Å². The number of anilines is 1. The Hall–Kier alpha value is -3.15. The molecule has 4 rings (SSSR count). The molecule has 1 aromatic heterocycles. The maximum Gasteiger partial charge on any atom is 0.290 e. The minimum absolute atomic E-state index is 0.0176. The highest BCUT2D eigenvalue weighted by Gasteiger charge is 2.44. The first-order valence-corrected chi connectivity index (χ1v) is 11.4. The molecule has 2 heterocycles. The van der Waals surface area contributed by atoms with Gasteiger partial charge in [0.05, 0.1) is 18.4 Å². The number of carbonyl (C=O) groups excluding carboxylic acids is 3. The zero-order chi connectivity index (χ0) is 22.7. The van der Waals surface area contributed by atoms with Gasteiger partial charge in [0.1, 0.15) is 6.04 Å². The van der Waals surface area contributed by atoms with Crippen LogP contribution >= 0.6 is 0 Å².